The zero-order valence-electron chi connectivity index (χ0n) is 18.5. The van der Waals surface area contributed by atoms with E-state index in [4.69, 9.17) is 28.8 Å². The second-order valence-electron chi connectivity index (χ2n) is 7.08. The first-order valence-corrected chi connectivity index (χ1v) is 11.4. The van der Waals surface area contributed by atoms with Gasteiger partial charge in [-0.25, -0.2) is 4.79 Å². The van der Waals surface area contributed by atoms with Crippen molar-refractivity contribution in [2.24, 2.45) is 0 Å². The molecule has 0 saturated carbocycles. The molecule has 0 fully saturated rings. The number of carboxylic acid groups (broad SMARTS) is 1. The summed E-state index contributed by atoms with van der Waals surface area (Å²) < 4.78 is 27.3. The number of carboxylic acids is 1. The molecule has 7 nitrogen and oxygen atoms in total. The van der Waals surface area contributed by atoms with Crippen molar-refractivity contribution in [2.75, 3.05) is 66.1 Å². The summed E-state index contributed by atoms with van der Waals surface area (Å²) in [5, 5.41) is 8.42. The van der Waals surface area contributed by atoms with E-state index in [0.717, 1.165) is 104 Å². The van der Waals surface area contributed by atoms with E-state index < -0.39 is 5.97 Å². The van der Waals surface area contributed by atoms with Gasteiger partial charge in [-0.15, -0.1) is 0 Å². The van der Waals surface area contributed by atoms with Crippen LogP contribution in [0.5, 0.6) is 0 Å². The van der Waals surface area contributed by atoms with E-state index in [1.807, 2.05) is 0 Å². The van der Waals surface area contributed by atoms with Crippen LogP contribution >= 0.6 is 0 Å². The molecular formula is C22H44O7. The van der Waals surface area contributed by atoms with Crippen molar-refractivity contribution < 1.29 is 33.6 Å². The van der Waals surface area contributed by atoms with E-state index >= 15 is 0 Å². The van der Waals surface area contributed by atoms with Crippen molar-refractivity contribution in [1.82, 2.24) is 0 Å². The predicted molar refractivity (Wildman–Crippen MR) is 114 cm³/mol. The Morgan fingerprint density at radius 2 is 0.793 bits per heavy atom. The molecule has 0 bridgehead atoms. The van der Waals surface area contributed by atoms with Gasteiger partial charge >= 0.3 is 5.97 Å². The zero-order valence-corrected chi connectivity index (χ0v) is 18.5. The third kappa shape index (κ3) is 27.3. The minimum Gasteiger partial charge on any atom is -0.480 e. The first-order chi connectivity index (χ1) is 14.3. The highest BCUT2D eigenvalue weighted by Crippen LogP contribution is 1.99. The van der Waals surface area contributed by atoms with Gasteiger partial charge in [-0.1, -0.05) is 13.3 Å². The lowest BCUT2D eigenvalue weighted by Gasteiger charge is -2.07. The van der Waals surface area contributed by atoms with Crippen molar-refractivity contribution in [3.05, 3.63) is 0 Å². The van der Waals surface area contributed by atoms with Crippen LogP contribution in [0.25, 0.3) is 0 Å². The van der Waals surface area contributed by atoms with Crippen LogP contribution in [-0.4, -0.2) is 77.1 Å². The van der Waals surface area contributed by atoms with Crippen molar-refractivity contribution in [2.45, 2.75) is 71.1 Å². The zero-order chi connectivity index (χ0) is 21.3. The molecule has 0 spiro atoms. The second kappa shape index (κ2) is 25.3. The van der Waals surface area contributed by atoms with Gasteiger partial charge in [0.1, 0.15) is 6.61 Å². The summed E-state index contributed by atoms with van der Waals surface area (Å²) in [5.41, 5.74) is 0. The summed E-state index contributed by atoms with van der Waals surface area (Å²) in [6.07, 6.45) is 10.3. The average Bonchev–Trinajstić information content (AvgIpc) is 2.71. The molecule has 7 heteroatoms. The molecule has 29 heavy (non-hydrogen) atoms. The fourth-order valence-corrected chi connectivity index (χ4v) is 2.45. The first-order valence-electron chi connectivity index (χ1n) is 11.4. The summed E-state index contributed by atoms with van der Waals surface area (Å²) >= 11 is 0. The van der Waals surface area contributed by atoms with Crippen LogP contribution in [0.1, 0.15) is 71.1 Å². The number of unbranched alkanes of at least 4 members (excludes halogenated alkanes) is 5. The maximum atomic E-state index is 10.3. The molecule has 0 aliphatic carbocycles. The van der Waals surface area contributed by atoms with E-state index in [0.29, 0.717) is 13.2 Å². The Hall–Kier alpha value is -0.730. The quantitative estimate of drug-likeness (QED) is 0.223. The molecule has 0 saturated heterocycles. The molecule has 0 aliphatic rings. The van der Waals surface area contributed by atoms with E-state index in [9.17, 15) is 4.79 Å². The van der Waals surface area contributed by atoms with Gasteiger partial charge in [-0.3, -0.25) is 0 Å². The maximum absolute atomic E-state index is 10.3. The predicted octanol–water partition coefficient (Wildman–Crippen LogP) is 4.07. The highest BCUT2D eigenvalue weighted by molar-refractivity contribution is 5.67. The molecule has 0 heterocycles. The molecule has 1 N–H and O–H groups in total. The Morgan fingerprint density at radius 1 is 0.517 bits per heavy atom. The van der Waals surface area contributed by atoms with Crippen molar-refractivity contribution in [1.29, 1.82) is 0 Å². The Labute approximate surface area is 177 Å². The summed E-state index contributed by atoms with van der Waals surface area (Å²) in [5.74, 6) is -0.925. The standard InChI is InChI=1S/C22H44O7/c1-2-3-12-25-13-4-5-14-26-15-6-7-16-27-17-8-9-18-28-19-10-11-20-29-21-22(23)24/h2-21H2,1H3,(H,23,24). The van der Waals surface area contributed by atoms with Gasteiger partial charge in [0.2, 0.25) is 0 Å². The van der Waals surface area contributed by atoms with Crippen LogP contribution in [0.3, 0.4) is 0 Å². The van der Waals surface area contributed by atoms with Crippen LogP contribution in [-0.2, 0) is 28.5 Å². The van der Waals surface area contributed by atoms with Crippen LogP contribution in [0.15, 0.2) is 0 Å². The van der Waals surface area contributed by atoms with E-state index in [2.05, 4.69) is 6.92 Å². The monoisotopic (exact) mass is 420 g/mol. The molecule has 0 aromatic rings. The summed E-state index contributed by atoms with van der Waals surface area (Å²) in [7, 11) is 0. The number of rotatable bonds is 25. The molecule has 0 amide bonds. The van der Waals surface area contributed by atoms with Crippen molar-refractivity contribution >= 4 is 5.97 Å². The van der Waals surface area contributed by atoms with Crippen molar-refractivity contribution in [3.63, 3.8) is 0 Å². The Morgan fingerprint density at radius 3 is 1.07 bits per heavy atom. The van der Waals surface area contributed by atoms with Gasteiger partial charge in [0.15, 0.2) is 0 Å². The molecule has 174 valence electrons. The van der Waals surface area contributed by atoms with Crippen LogP contribution in [0.2, 0.25) is 0 Å². The maximum Gasteiger partial charge on any atom is 0.329 e. The normalized spacial score (nSPS) is 11.2. The molecule has 0 aliphatic heterocycles. The van der Waals surface area contributed by atoms with Gasteiger partial charge in [0.25, 0.3) is 0 Å². The number of ether oxygens (including phenoxy) is 5. The van der Waals surface area contributed by atoms with Gasteiger partial charge in [-0.2, -0.15) is 0 Å². The van der Waals surface area contributed by atoms with Crippen molar-refractivity contribution in [3.8, 4) is 0 Å². The average molecular weight is 421 g/mol. The highest BCUT2D eigenvalue weighted by atomic mass is 16.5. The van der Waals surface area contributed by atoms with Crippen LogP contribution in [0.4, 0.5) is 0 Å². The summed E-state index contributed by atoms with van der Waals surface area (Å²) in [6, 6.07) is 0. The fourth-order valence-electron chi connectivity index (χ4n) is 2.45. The molecule has 0 aromatic carbocycles. The lowest BCUT2D eigenvalue weighted by atomic mass is 10.3. The van der Waals surface area contributed by atoms with Crippen LogP contribution < -0.4 is 0 Å². The van der Waals surface area contributed by atoms with E-state index in [1.165, 1.54) is 6.42 Å². The summed E-state index contributed by atoms with van der Waals surface area (Å²) in [6.45, 7) is 8.84. The Balaban J connectivity index is 2.99. The molecule has 0 rings (SSSR count). The highest BCUT2D eigenvalue weighted by Gasteiger charge is 1.97. The molecule has 0 unspecified atom stereocenters. The summed E-state index contributed by atoms with van der Waals surface area (Å²) in [4.78, 5) is 10.3. The second-order valence-corrected chi connectivity index (χ2v) is 7.08. The minimum absolute atomic E-state index is 0.219. The number of carbonyl (C=O) groups is 1. The molecule has 0 radical (unpaired) electrons. The van der Waals surface area contributed by atoms with Gasteiger partial charge in [-0.05, 0) is 57.8 Å². The molecular weight excluding hydrogens is 376 g/mol. The number of hydrogen-bond acceptors (Lipinski definition) is 6. The van der Waals surface area contributed by atoms with E-state index in [-0.39, 0.29) is 6.61 Å². The SMILES string of the molecule is CCCCOCCCCOCCCCOCCCCOCCCCOCC(=O)O. The topological polar surface area (TPSA) is 83.5 Å². The largest absolute Gasteiger partial charge is 0.480 e. The lowest BCUT2D eigenvalue weighted by Crippen LogP contribution is -2.08. The first kappa shape index (κ1) is 28.3. The van der Waals surface area contributed by atoms with E-state index in [1.54, 1.807) is 0 Å². The number of hydrogen-bond donors (Lipinski definition) is 1. The fraction of sp³-hybridized carbons (Fsp3) is 0.955. The molecule has 0 aromatic heterocycles. The third-order valence-corrected chi connectivity index (χ3v) is 4.18. The van der Waals surface area contributed by atoms with Crippen LogP contribution in [0, 0.1) is 0 Å². The van der Waals surface area contributed by atoms with Gasteiger partial charge in [0, 0.05) is 59.5 Å². The smallest absolute Gasteiger partial charge is 0.329 e. The van der Waals surface area contributed by atoms with Gasteiger partial charge < -0.3 is 28.8 Å². The Bertz CT molecular complexity index is 326. The van der Waals surface area contributed by atoms with Gasteiger partial charge in [0.05, 0.1) is 0 Å². The Kier molecular flexibility index (Phi) is 24.7. The minimum atomic E-state index is -0.925. The number of aliphatic carboxylic acids is 1. The molecule has 0 atom stereocenters. The third-order valence-electron chi connectivity index (χ3n) is 4.18. The lowest BCUT2D eigenvalue weighted by molar-refractivity contribution is -0.142.